The molecular weight excluding hydrogens is 266 g/mol. The molecule has 3 N–H and O–H groups in total. The SMILES string of the molecule is CC1C[C@H](C)CN(CCCNC(=O)[CH]CC(C)C(N)=O)C1. The van der Waals surface area contributed by atoms with Crippen LogP contribution in [0.4, 0.5) is 0 Å². The lowest BCUT2D eigenvalue weighted by atomic mass is 9.92. The molecule has 1 fully saturated rings. The first-order chi connectivity index (χ1) is 9.88. The molecule has 1 aliphatic rings. The fraction of sp³-hybridized carbons (Fsp3) is 0.812. The lowest BCUT2D eigenvalue weighted by Crippen LogP contribution is -2.40. The molecular formula is C16H30N3O2. The molecule has 1 aliphatic heterocycles. The molecule has 5 heteroatoms. The standard InChI is InChI=1S/C16H30N3O2/c1-12-9-13(2)11-19(10-12)8-4-7-18-15(20)6-5-14(3)16(17)21/h6,12-14H,4-5,7-11H2,1-3H3,(H2,17,21)(H,18,20)/t12-,13?,14?/m0/s1. The monoisotopic (exact) mass is 296 g/mol. The van der Waals surface area contributed by atoms with Crippen molar-refractivity contribution in [3.05, 3.63) is 6.42 Å². The Bertz CT molecular complexity index is 336. The van der Waals surface area contributed by atoms with Gasteiger partial charge < -0.3 is 16.0 Å². The van der Waals surface area contributed by atoms with E-state index in [2.05, 4.69) is 24.1 Å². The first-order valence-electron chi connectivity index (χ1n) is 8.01. The highest BCUT2D eigenvalue weighted by molar-refractivity contribution is 5.85. The van der Waals surface area contributed by atoms with Gasteiger partial charge in [0.25, 0.3) is 0 Å². The Morgan fingerprint density at radius 2 is 1.95 bits per heavy atom. The van der Waals surface area contributed by atoms with Gasteiger partial charge >= 0.3 is 0 Å². The van der Waals surface area contributed by atoms with Crippen molar-refractivity contribution < 1.29 is 9.59 Å². The van der Waals surface area contributed by atoms with Crippen LogP contribution in [0.1, 0.15) is 40.0 Å². The molecule has 0 aromatic rings. The molecule has 2 amide bonds. The first-order valence-corrected chi connectivity index (χ1v) is 8.01. The minimum atomic E-state index is -0.368. The summed E-state index contributed by atoms with van der Waals surface area (Å²) in [6.45, 7) is 10.4. The molecule has 0 aliphatic carbocycles. The number of nitrogens with one attached hydrogen (secondary N) is 1. The van der Waals surface area contributed by atoms with Crippen LogP contribution in [0.2, 0.25) is 0 Å². The first kappa shape index (κ1) is 18.0. The lowest BCUT2D eigenvalue weighted by Gasteiger charge is -2.34. The van der Waals surface area contributed by atoms with Gasteiger partial charge in [0.1, 0.15) is 0 Å². The number of carbonyl (C=O) groups excluding carboxylic acids is 2. The predicted molar refractivity (Wildman–Crippen MR) is 84.3 cm³/mol. The molecule has 1 saturated heterocycles. The van der Waals surface area contributed by atoms with E-state index in [1.165, 1.54) is 25.9 Å². The topological polar surface area (TPSA) is 75.4 Å². The molecule has 1 rings (SSSR count). The summed E-state index contributed by atoms with van der Waals surface area (Å²) >= 11 is 0. The van der Waals surface area contributed by atoms with E-state index in [0.29, 0.717) is 13.0 Å². The van der Waals surface area contributed by atoms with Crippen LogP contribution in [0.25, 0.3) is 0 Å². The summed E-state index contributed by atoms with van der Waals surface area (Å²) in [4.78, 5) is 24.9. The number of nitrogens with two attached hydrogens (primary N) is 1. The fourth-order valence-electron chi connectivity index (χ4n) is 2.96. The summed E-state index contributed by atoms with van der Waals surface area (Å²) in [5.41, 5.74) is 5.15. The zero-order valence-corrected chi connectivity index (χ0v) is 13.6. The highest BCUT2D eigenvalue weighted by atomic mass is 16.2. The smallest absolute Gasteiger partial charge is 0.223 e. The molecule has 3 atom stereocenters. The Morgan fingerprint density at radius 3 is 2.52 bits per heavy atom. The van der Waals surface area contributed by atoms with Crippen LogP contribution < -0.4 is 11.1 Å². The quantitative estimate of drug-likeness (QED) is 0.661. The number of carbonyl (C=O) groups is 2. The zero-order valence-electron chi connectivity index (χ0n) is 13.6. The summed E-state index contributed by atoms with van der Waals surface area (Å²) in [5.74, 6) is 0.780. The maximum absolute atomic E-state index is 11.6. The summed E-state index contributed by atoms with van der Waals surface area (Å²) in [6, 6.07) is 0. The van der Waals surface area contributed by atoms with E-state index in [0.717, 1.165) is 24.8 Å². The Hall–Kier alpha value is -1.10. The number of primary amides is 1. The van der Waals surface area contributed by atoms with Gasteiger partial charge in [-0.1, -0.05) is 20.8 Å². The predicted octanol–water partition coefficient (Wildman–Crippen LogP) is 1.19. The Morgan fingerprint density at radius 1 is 1.33 bits per heavy atom. The van der Waals surface area contributed by atoms with Gasteiger partial charge in [-0.3, -0.25) is 9.59 Å². The van der Waals surface area contributed by atoms with Crippen molar-refractivity contribution in [1.29, 1.82) is 0 Å². The Labute approximate surface area is 128 Å². The van der Waals surface area contributed by atoms with E-state index >= 15 is 0 Å². The van der Waals surface area contributed by atoms with Crippen LogP contribution in [-0.2, 0) is 9.59 Å². The average molecular weight is 296 g/mol. The van der Waals surface area contributed by atoms with Crippen molar-refractivity contribution in [3.8, 4) is 0 Å². The number of likely N-dealkylation sites (tertiary alicyclic amines) is 1. The van der Waals surface area contributed by atoms with Gasteiger partial charge in [-0.15, -0.1) is 0 Å². The third kappa shape index (κ3) is 7.46. The summed E-state index contributed by atoms with van der Waals surface area (Å²) in [6.07, 6.45) is 4.20. The summed E-state index contributed by atoms with van der Waals surface area (Å²) < 4.78 is 0. The van der Waals surface area contributed by atoms with Gasteiger partial charge in [0, 0.05) is 25.6 Å². The Kier molecular flexibility index (Phi) is 7.72. The number of amides is 2. The lowest BCUT2D eigenvalue weighted by molar-refractivity contribution is -0.121. The molecule has 121 valence electrons. The third-order valence-corrected chi connectivity index (χ3v) is 4.04. The highest BCUT2D eigenvalue weighted by Gasteiger charge is 2.21. The van der Waals surface area contributed by atoms with Crippen LogP contribution >= 0.6 is 0 Å². The van der Waals surface area contributed by atoms with Crippen molar-refractivity contribution >= 4 is 11.8 Å². The van der Waals surface area contributed by atoms with E-state index in [4.69, 9.17) is 5.73 Å². The van der Waals surface area contributed by atoms with Gasteiger partial charge in [0.15, 0.2) is 0 Å². The van der Waals surface area contributed by atoms with Crippen LogP contribution in [0.5, 0.6) is 0 Å². The van der Waals surface area contributed by atoms with Crippen molar-refractivity contribution in [2.75, 3.05) is 26.2 Å². The van der Waals surface area contributed by atoms with Gasteiger partial charge in [-0.05, 0) is 37.6 Å². The number of hydrogen-bond acceptors (Lipinski definition) is 3. The zero-order chi connectivity index (χ0) is 15.8. The molecule has 5 nitrogen and oxygen atoms in total. The number of hydrogen-bond donors (Lipinski definition) is 2. The van der Waals surface area contributed by atoms with Crippen LogP contribution in [0.15, 0.2) is 0 Å². The fourth-order valence-corrected chi connectivity index (χ4v) is 2.96. The average Bonchev–Trinajstić information content (AvgIpc) is 2.39. The number of rotatable bonds is 8. The van der Waals surface area contributed by atoms with Crippen molar-refractivity contribution in [2.24, 2.45) is 23.5 Å². The minimum absolute atomic E-state index is 0.108. The van der Waals surface area contributed by atoms with Crippen LogP contribution in [0.3, 0.4) is 0 Å². The van der Waals surface area contributed by atoms with Crippen molar-refractivity contribution in [3.63, 3.8) is 0 Å². The van der Waals surface area contributed by atoms with E-state index in [1.807, 2.05) is 0 Å². The second-order valence-corrected chi connectivity index (χ2v) is 6.59. The number of nitrogens with zero attached hydrogens (tertiary/aromatic N) is 1. The molecule has 0 saturated carbocycles. The summed E-state index contributed by atoms with van der Waals surface area (Å²) in [5, 5.41) is 2.87. The molecule has 1 radical (unpaired) electrons. The van der Waals surface area contributed by atoms with Gasteiger partial charge in [-0.25, -0.2) is 0 Å². The molecule has 21 heavy (non-hydrogen) atoms. The van der Waals surface area contributed by atoms with E-state index in [1.54, 1.807) is 6.92 Å². The maximum Gasteiger partial charge on any atom is 0.223 e. The third-order valence-electron chi connectivity index (χ3n) is 4.04. The molecule has 2 unspecified atom stereocenters. The number of piperidine rings is 1. The van der Waals surface area contributed by atoms with Crippen molar-refractivity contribution in [1.82, 2.24) is 10.2 Å². The van der Waals surface area contributed by atoms with E-state index < -0.39 is 0 Å². The van der Waals surface area contributed by atoms with Crippen LogP contribution in [-0.4, -0.2) is 42.9 Å². The van der Waals surface area contributed by atoms with Gasteiger partial charge in [0.05, 0.1) is 6.42 Å². The minimum Gasteiger partial charge on any atom is -0.369 e. The molecule has 0 aromatic carbocycles. The molecule has 0 bridgehead atoms. The molecule has 1 heterocycles. The summed E-state index contributed by atoms with van der Waals surface area (Å²) in [7, 11) is 0. The largest absolute Gasteiger partial charge is 0.369 e. The second kappa shape index (κ2) is 9.03. The molecule has 0 spiro atoms. The van der Waals surface area contributed by atoms with E-state index in [9.17, 15) is 9.59 Å². The normalized spacial score (nSPS) is 24.5. The maximum atomic E-state index is 11.6. The Balaban J connectivity index is 2.08. The van der Waals surface area contributed by atoms with Crippen LogP contribution in [0, 0.1) is 24.2 Å². The highest BCUT2D eigenvalue weighted by Crippen LogP contribution is 2.20. The van der Waals surface area contributed by atoms with Gasteiger partial charge in [-0.2, -0.15) is 0 Å². The second-order valence-electron chi connectivity index (χ2n) is 6.59. The van der Waals surface area contributed by atoms with Crippen molar-refractivity contribution in [2.45, 2.75) is 40.0 Å². The van der Waals surface area contributed by atoms with Gasteiger partial charge in [0.2, 0.25) is 11.8 Å². The molecule has 0 aromatic heterocycles. The van der Waals surface area contributed by atoms with E-state index in [-0.39, 0.29) is 17.7 Å².